The first-order valence-corrected chi connectivity index (χ1v) is 2.85. The molecule has 0 spiro atoms. The highest BCUT2D eigenvalue weighted by molar-refractivity contribution is 7.98. The summed E-state index contributed by atoms with van der Waals surface area (Å²) in [6.45, 7) is 2.15. The van der Waals surface area contributed by atoms with E-state index in [2.05, 4.69) is 17.7 Å². The Labute approximate surface area is 41.9 Å². The van der Waals surface area contributed by atoms with Crippen molar-refractivity contribution in [3.63, 3.8) is 0 Å². The van der Waals surface area contributed by atoms with Gasteiger partial charge in [0.25, 0.3) is 0 Å². The molecule has 2 heteroatoms. The van der Waals surface area contributed by atoms with Crippen LogP contribution in [0.3, 0.4) is 0 Å². The normalized spacial score (nSPS) is 30.5. The van der Waals surface area contributed by atoms with E-state index in [1.807, 2.05) is 6.20 Å². The maximum absolute atomic E-state index is 3.01. The molecule has 0 aromatic heterocycles. The lowest BCUT2D eigenvalue weighted by atomic mass is 10.5. The molecule has 0 bridgehead atoms. The van der Waals surface area contributed by atoms with Gasteiger partial charge in [-0.25, -0.2) is 0 Å². The standard InChI is InChI=1S/C4H7NS/c1-4-2-3-5-6-4/h2-5H,1H3. The van der Waals surface area contributed by atoms with Gasteiger partial charge in [0.2, 0.25) is 0 Å². The fourth-order valence-corrected chi connectivity index (χ4v) is 0.890. The first-order valence-electron chi connectivity index (χ1n) is 1.97. The summed E-state index contributed by atoms with van der Waals surface area (Å²) in [5.41, 5.74) is 0. The lowest BCUT2D eigenvalue weighted by Crippen LogP contribution is -1.87. The van der Waals surface area contributed by atoms with Crippen molar-refractivity contribution >= 4 is 11.9 Å². The minimum atomic E-state index is 0.671. The zero-order chi connectivity index (χ0) is 4.41. The van der Waals surface area contributed by atoms with E-state index >= 15 is 0 Å². The largest absolute Gasteiger partial charge is 0.336 e. The van der Waals surface area contributed by atoms with Gasteiger partial charge in [0.15, 0.2) is 0 Å². The summed E-state index contributed by atoms with van der Waals surface area (Å²) < 4.78 is 3.01. The zero-order valence-corrected chi connectivity index (χ0v) is 4.46. The van der Waals surface area contributed by atoms with Crippen LogP contribution in [0.15, 0.2) is 12.3 Å². The lowest BCUT2D eigenvalue weighted by Gasteiger charge is -1.90. The summed E-state index contributed by atoms with van der Waals surface area (Å²) in [5, 5.41) is 0.671. The molecule has 0 saturated heterocycles. The second-order valence-corrected chi connectivity index (χ2v) is 2.51. The maximum Gasteiger partial charge on any atom is 0.0414 e. The minimum Gasteiger partial charge on any atom is -0.336 e. The molecular weight excluding hydrogens is 94.1 g/mol. The van der Waals surface area contributed by atoms with Gasteiger partial charge in [-0.05, 0) is 18.9 Å². The van der Waals surface area contributed by atoms with Crippen LogP contribution in [0.4, 0.5) is 0 Å². The summed E-state index contributed by atoms with van der Waals surface area (Å²) in [5.74, 6) is 0. The van der Waals surface area contributed by atoms with Crippen LogP contribution in [0.2, 0.25) is 0 Å². The smallest absolute Gasteiger partial charge is 0.0414 e. The molecule has 1 aliphatic heterocycles. The number of nitrogens with one attached hydrogen (secondary N) is 1. The molecule has 0 aromatic carbocycles. The van der Waals surface area contributed by atoms with Gasteiger partial charge in [-0.1, -0.05) is 6.08 Å². The molecule has 0 aliphatic carbocycles. The van der Waals surface area contributed by atoms with Crippen LogP contribution >= 0.6 is 11.9 Å². The first-order chi connectivity index (χ1) is 2.89. The molecule has 1 rings (SSSR count). The molecule has 34 valence electrons. The predicted molar refractivity (Wildman–Crippen MR) is 29.3 cm³/mol. The van der Waals surface area contributed by atoms with E-state index in [1.54, 1.807) is 11.9 Å². The third-order valence-corrected chi connectivity index (χ3v) is 1.49. The molecule has 1 aliphatic rings. The third kappa shape index (κ3) is 0.684. The van der Waals surface area contributed by atoms with Crippen molar-refractivity contribution in [2.45, 2.75) is 12.2 Å². The van der Waals surface area contributed by atoms with Gasteiger partial charge in [-0.15, -0.1) is 0 Å². The highest BCUT2D eigenvalue weighted by Gasteiger charge is 1.98. The van der Waals surface area contributed by atoms with Gasteiger partial charge in [0.1, 0.15) is 0 Å². The van der Waals surface area contributed by atoms with Crippen molar-refractivity contribution < 1.29 is 0 Å². The SMILES string of the molecule is CC1C=CNS1. The molecule has 1 nitrogen and oxygen atoms in total. The van der Waals surface area contributed by atoms with Crippen molar-refractivity contribution in [1.29, 1.82) is 0 Å². The highest BCUT2D eigenvalue weighted by atomic mass is 32.2. The molecule has 0 aromatic rings. The molecular formula is C4H7NS. The molecule has 0 amide bonds. The van der Waals surface area contributed by atoms with Gasteiger partial charge in [-0.2, -0.15) is 0 Å². The monoisotopic (exact) mass is 101 g/mol. The zero-order valence-electron chi connectivity index (χ0n) is 3.64. The molecule has 1 N–H and O–H groups in total. The average Bonchev–Trinajstić information content (AvgIpc) is 1.86. The molecule has 1 heterocycles. The van der Waals surface area contributed by atoms with Crippen molar-refractivity contribution in [1.82, 2.24) is 4.72 Å². The van der Waals surface area contributed by atoms with Crippen LogP contribution in [0.1, 0.15) is 6.92 Å². The highest BCUT2D eigenvalue weighted by Crippen LogP contribution is 2.11. The van der Waals surface area contributed by atoms with Crippen molar-refractivity contribution in [3.05, 3.63) is 12.3 Å². The van der Waals surface area contributed by atoms with Crippen LogP contribution in [-0.4, -0.2) is 5.25 Å². The summed E-state index contributed by atoms with van der Waals surface area (Å²) in [6, 6.07) is 0. The van der Waals surface area contributed by atoms with Crippen LogP contribution in [-0.2, 0) is 0 Å². The summed E-state index contributed by atoms with van der Waals surface area (Å²) in [7, 11) is 0. The van der Waals surface area contributed by atoms with E-state index in [0.29, 0.717) is 5.25 Å². The Hall–Kier alpha value is -0.110. The first kappa shape index (κ1) is 4.06. The lowest BCUT2D eigenvalue weighted by molar-refractivity contribution is 1.27. The Morgan fingerprint density at radius 3 is 2.83 bits per heavy atom. The van der Waals surface area contributed by atoms with E-state index in [4.69, 9.17) is 0 Å². The fraction of sp³-hybridized carbons (Fsp3) is 0.500. The van der Waals surface area contributed by atoms with Gasteiger partial charge >= 0.3 is 0 Å². The molecule has 0 fully saturated rings. The molecule has 1 atom stereocenters. The van der Waals surface area contributed by atoms with E-state index < -0.39 is 0 Å². The fourth-order valence-electron chi connectivity index (χ4n) is 0.361. The Balaban J connectivity index is 2.38. The second kappa shape index (κ2) is 1.56. The molecule has 6 heavy (non-hydrogen) atoms. The van der Waals surface area contributed by atoms with Crippen LogP contribution in [0, 0.1) is 0 Å². The Morgan fingerprint density at radius 1 is 1.83 bits per heavy atom. The van der Waals surface area contributed by atoms with Crippen LogP contribution in [0.25, 0.3) is 0 Å². The number of hydrogen-bond donors (Lipinski definition) is 1. The van der Waals surface area contributed by atoms with E-state index in [0.717, 1.165) is 0 Å². The maximum atomic E-state index is 3.01. The van der Waals surface area contributed by atoms with E-state index in [1.165, 1.54) is 0 Å². The van der Waals surface area contributed by atoms with Gasteiger partial charge < -0.3 is 4.72 Å². The summed E-state index contributed by atoms with van der Waals surface area (Å²) >= 11 is 1.74. The number of rotatable bonds is 0. The second-order valence-electron chi connectivity index (χ2n) is 1.30. The molecule has 1 unspecified atom stereocenters. The quantitative estimate of drug-likeness (QED) is 0.459. The Morgan fingerprint density at radius 2 is 2.67 bits per heavy atom. The van der Waals surface area contributed by atoms with Crippen molar-refractivity contribution in [2.24, 2.45) is 0 Å². The topological polar surface area (TPSA) is 12.0 Å². The van der Waals surface area contributed by atoms with Gasteiger partial charge in [0, 0.05) is 11.4 Å². The average molecular weight is 101 g/mol. The van der Waals surface area contributed by atoms with E-state index in [-0.39, 0.29) is 0 Å². The Bertz CT molecular complexity index is 69.9. The number of hydrogen-bond acceptors (Lipinski definition) is 2. The van der Waals surface area contributed by atoms with Crippen molar-refractivity contribution in [3.8, 4) is 0 Å². The summed E-state index contributed by atoms with van der Waals surface area (Å²) in [6.07, 6.45) is 4.10. The van der Waals surface area contributed by atoms with Gasteiger partial charge in [-0.3, -0.25) is 0 Å². The third-order valence-electron chi connectivity index (χ3n) is 0.689. The van der Waals surface area contributed by atoms with Crippen LogP contribution < -0.4 is 4.72 Å². The van der Waals surface area contributed by atoms with Crippen molar-refractivity contribution in [2.75, 3.05) is 0 Å². The van der Waals surface area contributed by atoms with Gasteiger partial charge in [0.05, 0.1) is 0 Å². The summed E-state index contributed by atoms with van der Waals surface area (Å²) in [4.78, 5) is 0. The minimum absolute atomic E-state index is 0.671. The van der Waals surface area contributed by atoms with E-state index in [9.17, 15) is 0 Å². The molecule has 0 radical (unpaired) electrons. The predicted octanol–water partition coefficient (Wildman–Crippen LogP) is 1.14. The van der Waals surface area contributed by atoms with Crippen LogP contribution in [0.5, 0.6) is 0 Å². The Kier molecular flexibility index (Phi) is 1.05. The molecule has 0 saturated carbocycles.